The molecule has 0 aromatic rings. The Morgan fingerprint density at radius 3 is 2.00 bits per heavy atom. The average molecular weight is 223 g/mol. The van der Waals surface area contributed by atoms with Crippen LogP contribution in [0.3, 0.4) is 0 Å². The van der Waals surface area contributed by atoms with Crippen LogP contribution in [0.2, 0.25) is 0 Å². The Morgan fingerprint density at radius 1 is 1.29 bits per heavy atom. The van der Waals surface area contributed by atoms with Crippen molar-refractivity contribution in [3.8, 4) is 0 Å². The van der Waals surface area contributed by atoms with Gasteiger partial charge in [0.25, 0.3) is 0 Å². The lowest BCUT2D eigenvalue weighted by molar-refractivity contribution is 0.288. The van der Waals surface area contributed by atoms with E-state index in [2.05, 4.69) is 4.72 Å². The predicted molar refractivity (Wildman–Crippen MR) is 57.5 cm³/mol. The third-order valence-corrected chi connectivity index (χ3v) is 4.32. The zero-order valence-corrected chi connectivity index (χ0v) is 10.4. The predicted octanol–water partition coefficient (Wildman–Crippen LogP) is 0.721. The SMILES string of the molecule is CC(NS(=O)(=O)C(C)CO)C(C)(C)C. The summed E-state index contributed by atoms with van der Waals surface area (Å²) >= 11 is 0. The van der Waals surface area contributed by atoms with Crippen LogP contribution in [0.1, 0.15) is 34.6 Å². The monoisotopic (exact) mass is 223 g/mol. The van der Waals surface area contributed by atoms with Gasteiger partial charge in [-0.15, -0.1) is 0 Å². The fourth-order valence-electron chi connectivity index (χ4n) is 0.637. The van der Waals surface area contributed by atoms with Crippen molar-refractivity contribution in [2.45, 2.75) is 45.9 Å². The number of hydrogen-bond acceptors (Lipinski definition) is 3. The van der Waals surface area contributed by atoms with Crippen LogP contribution in [-0.4, -0.2) is 31.4 Å². The van der Waals surface area contributed by atoms with Gasteiger partial charge in [-0.3, -0.25) is 0 Å². The molecule has 0 amide bonds. The molecule has 0 aromatic carbocycles. The molecule has 2 N–H and O–H groups in total. The molecule has 14 heavy (non-hydrogen) atoms. The van der Waals surface area contributed by atoms with E-state index in [0.717, 1.165) is 0 Å². The van der Waals surface area contributed by atoms with Crippen molar-refractivity contribution in [1.82, 2.24) is 4.72 Å². The number of aliphatic hydroxyl groups excluding tert-OH is 1. The van der Waals surface area contributed by atoms with Crippen molar-refractivity contribution in [1.29, 1.82) is 0 Å². The highest BCUT2D eigenvalue weighted by molar-refractivity contribution is 7.90. The lowest BCUT2D eigenvalue weighted by Crippen LogP contribution is -2.45. The van der Waals surface area contributed by atoms with Crippen LogP contribution in [0, 0.1) is 5.41 Å². The summed E-state index contributed by atoms with van der Waals surface area (Å²) in [5.74, 6) is 0. The van der Waals surface area contributed by atoms with E-state index in [4.69, 9.17) is 5.11 Å². The Hall–Kier alpha value is -0.130. The second-order valence-corrected chi connectivity index (χ2v) is 6.87. The number of hydrogen-bond donors (Lipinski definition) is 2. The van der Waals surface area contributed by atoms with Crippen LogP contribution in [0.5, 0.6) is 0 Å². The highest BCUT2D eigenvalue weighted by Crippen LogP contribution is 2.19. The Balaban J connectivity index is 4.54. The third kappa shape index (κ3) is 3.94. The van der Waals surface area contributed by atoms with Gasteiger partial charge in [-0.1, -0.05) is 20.8 Å². The van der Waals surface area contributed by atoms with Gasteiger partial charge in [-0.25, -0.2) is 13.1 Å². The normalized spacial score (nSPS) is 17.9. The van der Waals surface area contributed by atoms with E-state index in [9.17, 15) is 8.42 Å². The first-order chi connectivity index (χ1) is 6.11. The fourth-order valence-corrected chi connectivity index (χ4v) is 1.91. The molecule has 5 heteroatoms. The highest BCUT2D eigenvalue weighted by atomic mass is 32.2. The van der Waals surface area contributed by atoms with Gasteiger partial charge in [0, 0.05) is 6.04 Å². The molecule has 0 aliphatic carbocycles. The largest absolute Gasteiger partial charge is 0.395 e. The molecule has 0 fully saturated rings. The Kier molecular flexibility index (Phi) is 4.55. The van der Waals surface area contributed by atoms with E-state index in [1.54, 1.807) is 0 Å². The summed E-state index contributed by atoms with van der Waals surface area (Å²) in [6.45, 7) is 8.84. The maximum Gasteiger partial charge on any atom is 0.216 e. The van der Waals surface area contributed by atoms with Crippen molar-refractivity contribution >= 4 is 10.0 Å². The summed E-state index contributed by atoms with van der Waals surface area (Å²) in [5, 5.41) is 8.01. The van der Waals surface area contributed by atoms with Crippen molar-refractivity contribution in [3.63, 3.8) is 0 Å². The quantitative estimate of drug-likeness (QED) is 0.738. The van der Waals surface area contributed by atoms with Crippen molar-refractivity contribution in [3.05, 3.63) is 0 Å². The van der Waals surface area contributed by atoms with Gasteiger partial charge in [0.2, 0.25) is 10.0 Å². The first-order valence-electron chi connectivity index (χ1n) is 4.73. The summed E-state index contributed by atoms with van der Waals surface area (Å²) < 4.78 is 25.7. The number of rotatable bonds is 4. The van der Waals surface area contributed by atoms with E-state index >= 15 is 0 Å². The second-order valence-electron chi connectivity index (χ2n) is 4.74. The average Bonchev–Trinajstić information content (AvgIpc) is 2.00. The first-order valence-corrected chi connectivity index (χ1v) is 6.28. The first kappa shape index (κ1) is 13.9. The summed E-state index contributed by atoms with van der Waals surface area (Å²) in [5.41, 5.74) is -0.123. The molecule has 0 bridgehead atoms. The lowest BCUT2D eigenvalue weighted by atomic mass is 9.89. The molecule has 0 saturated carbocycles. The fraction of sp³-hybridized carbons (Fsp3) is 1.00. The van der Waals surface area contributed by atoms with Crippen LogP contribution >= 0.6 is 0 Å². The molecule has 0 rings (SSSR count). The van der Waals surface area contributed by atoms with Gasteiger partial charge in [-0.2, -0.15) is 0 Å². The van der Waals surface area contributed by atoms with Crippen LogP contribution in [0.25, 0.3) is 0 Å². The van der Waals surface area contributed by atoms with Crippen molar-refractivity contribution in [2.24, 2.45) is 5.41 Å². The molecule has 0 heterocycles. The van der Waals surface area contributed by atoms with Gasteiger partial charge in [0.1, 0.15) is 0 Å². The molecule has 86 valence electrons. The molecule has 0 spiro atoms. The summed E-state index contributed by atoms with van der Waals surface area (Å²) in [7, 11) is -3.39. The van der Waals surface area contributed by atoms with E-state index in [1.165, 1.54) is 6.92 Å². The van der Waals surface area contributed by atoms with E-state index in [-0.39, 0.29) is 18.1 Å². The second kappa shape index (κ2) is 4.59. The Morgan fingerprint density at radius 2 is 1.71 bits per heavy atom. The number of aliphatic hydroxyl groups is 1. The number of sulfonamides is 1. The Labute approximate surface area is 86.8 Å². The maximum absolute atomic E-state index is 11.5. The van der Waals surface area contributed by atoms with Crippen LogP contribution < -0.4 is 4.72 Å². The minimum atomic E-state index is -3.39. The van der Waals surface area contributed by atoms with Crippen molar-refractivity contribution < 1.29 is 13.5 Å². The Bertz CT molecular complexity index is 266. The van der Waals surface area contributed by atoms with E-state index in [0.29, 0.717) is 0 Å². The molecule has 2 unspecified atom stereocenters. The van der Waals surface area contributed by atoms with Crippen LogP contribution in [-0.2, 0) is 10.0 Å². The zero-order valence-electron chi connectivity index (χ0n) is 9.53. The highest BCUT2D eigenvalue weighted by Gasteiger charge is 2.27. The molecular formula is C9H21NO3S. The van der Waals surface area contributed by atoms with Gasteiger partial charge in [0.05, 0.1) is 11.9 Å². The summed E-state index contributed by atoms with van der Waals surface area (Å²) in [6.07, 6.45) is 0. The van der Waals surface area contributed by atoms with Gasteiger partial charge < -0.3 is 5.11 Å². The molecule has 0 saturated heterocycles. The minimum Gasteiger partial charge on any atom is -0.395 e. The lowest BCUT2D eigenvalue weighted by Gasteiger charge is -2.28. The van der Waals surface area contributed by atoms with Crippen LogP contribution in [0.15, 0.2) is 0 Å². The maximum atomic E-state index is 11.5. The molecule has 0 aliphatic rings. The van der Waals surface area contributed by atoms with E-state index < -0.39 is 15.3 Å². The topological polar surface area (TPSA) is 66.4 Å². The minimum absolute atomic E-state index is 0.123. The van der Waals surface area contributed by atoms with E-state index in [1.807, 2.05) is 27.7 Å². The van der Waals surface area contributed by atoms with Gasteiger partial charge >= 0.3 is 0 Å². The van der Waals surface area contributed by atoms with Gasteiger partial charge in [-0.05, 0) is 19.3 Å². The molecule has 0 radical (unpaired) electrons. The summed E-state index contributed by atoms with van der Waals surface area (Å²) in [6, 6.07) is -0.151. The zero-order chi connectivity index (χ0) is 11.6. The molecule has 2 atom stereocenters. The standard InChI is InChI=1S/C9H21NO3S/c1-7(6-11)14(12,13)10-8(2)9(3,4)5/h7-8,10-11H,6H2,1-5H3. The smallest absolute Gasteiger partial charge is 0.216 e. The van der Waals surface area contributed by atoms with Crippen LogP contribution in [0.4, 0.5) is 0 Å². The molecule has 0 aliphatic heterocycles. The van der Waals surface area contributed by atoms with Gasteiger partial charge in [0.15, 0.2) is 0 Å². The molecule has 4 nitrogen and oxygen atoms in total. The third-order valence-electron chi connectivity index (χ3n) is 2.43. The van der Waals surface area contributed by atoms with Crippen molar-refractivity contribution in [2.75, 3.05) is 6.61 Å². The molecule has 0 aromatic heterocycles. The number of nitrogens with one attached hydrogen (secondary N) is 1. The summed E-state index contributed by atoms with van der Waals surface area (Å²) in [4.78, 5) is 0. The molecular weight excluding hydrogens is 202 g/mol.